The average molecular weight is 550 g/mol. The van der Waals surface area contributed by atoms with E-state index < -0.39 is 21.8 Å². The van der Waals surface area contributed by atoms with Gasteiger partial charge in [0.1, 0.15) is 4.21 Å². The number of ether oxygens (including phenoxy) is 1. The summed E-state index contributed by atoms with van der Waals surface area (Å²) in [7, 11) is -3.67. The largest absolute Gasteiger partial charge is 0.421 e. The number of aliphatic hydroxyl groups excluding tert-OH is 1. The molecule has 0 spiro atoms. The van der Waals surface area contributed by atoms with E-state index in [9.17, 15) is 31.8 Å². The summed E-state index contributed by atoms with van der Waals surface area (Å²) in [5.74, 6) is 0. The molecular weight excluding hydrogens is 519 g/mol. The van der Waals surface area contributed by atoms with Gasteiger partial charge in [0.25, 0.3) is 10.0 Å². The molecule has 13 heteroatoms. The smallest absolute Gasteiger partial charge is 0.394 e. The average Bonchev–Trinajstić information content (AvgIpc) is 3.40. The summed E-state index contributed by atoms with van der Waals surface area (Å²) < 4.78 is 73.5. The normalized spacial score (nSPS) is 24.6. The number of sulfonamides is 1. The fourth-order valence-electron chi connectivity index (χ4n) is 4.57. The van der Waals surface area contributed by atoms with Gasteiger partial charge < -0.3 is 19.8 Å². The molecule has 0 radical (unpaired) electrons. The van der Waals surface area contributed by atoms with E-state index in [1.54, 1.807) is 17.5 Å². The molecule has 0 unspecified atom stereocenters. The fourth-order valence-corrected chi connectivity index (χ4v) is 7.19. The van der Waals surface area contributed by atoms with E-state index in [4.69, 9.17) is 4.74 Å². The summed E-state index contributed by atoms with van der Waals surface area (Å²) in [5, 5.41) is 21.2. The summed E-state index contributed by atoms with van der Waals surface area (Å²) in [6, 6.07) is 8.53. The van der Waals surface area contributed by atoms with Crippen LogP contribution in [-0.4, -0.2) is 98.6 Å². The topological polar surface area (TPSA) is 93.6 Å². The number of hydrogen-bond donors (Lipinski definition) is 2. The first kappa shape index (κ1) is 27.3. The number of nitrogens with zero attached hydrogens (tertiary/aromatic N) is 3. The van der Waals surface area contributed by atoms with Crippen LogP contribution in [0.1, 0.15) is 12.5 Å². The van der Waals surface area contributed by atoms with Crippen molar-refractivity contribution in [3.05, 3.63) is 47.3 Å². The molecule has 0 aliphatic carbocycles. The number of aliphatic hydroxyl groups is 2. The Morgan fingerprint density at radius 1 is 1.11 bits per heavy atom. The van der Waals surface area contributed by atoms with E-state index in [2.05, 4.69) is 4.90 Å². The highest BCUT2D eigenvalue weighted by Crippen LogP contribution is 2.39. The molecule has 8 nitrogen and oxygen atoms in total. The van der Waals surface area contributed by atoms with Gasteiger partial charge in [0.05, 0.1) is 25.4 Å². The SMILES string of the molecule is C[C@@](O)(c1ccc(N2CCN(S(=O)(=O)c3cccs3)C[C@@H]2CN2CCO[C@H](CO)C2)cc1)C(F)(F)F. The van der Waals surface area contributed by atoms with Gasteiger partial charge in [-0.25, -0.2) is 8.42 Å². The summed E-state index contributed by atoms with van der Waals surface area (Å²) >= 11 is 1.15. The quantitative estimate of drug-likeness (QED) is 0.547. The lowest BCUT2D eigenvalue weighted by atomic mass is 9.95. The Hall–Kier alpha value is -1.74. The Kier molecular flexibility index (Phi) is 8.01. The molecule has 0 saturated carbocycles. The molecule has 4 rings (SSSR count). The first-order chi connectivity index (χ1) is 16.9. The molecular formula is C23H30F3N3O5S2. The van der Waals surface area contributed by atoms with Crippen LogP contribution < -0.4 is 4.90 Å². The van der Waals surface area contributed by atoms with Crippen molar-refractivity contribution in [1.29, 1.82) is 0 Å². The van der Waals surface area contributed by atoms with Gasteiger partial charge in [-0.2, -0.15) is 17.5 Å². The van der Waals surface area contributed by atoms with Crippen molar-refractivity contribution in [1.82, 2.24) is 9.21 Å². The minimum absolute atomic E-state index is 0.121. The van der Waals surface area contributed by atoms with Crippen LogP contribution in [0.2, 0.25) is 0 Å². The molecule has 2 N–H and O–H groups in total. The van der Waals surface area contributed by atoms with Gasteiger partial charge in [-0.05, 0) is 36.1 Å². The van der Waals surface area contributed by atoms with E-state index in [1.165, 1.54) is 28.6 Å². The van der Waals surface area contributed by atoms with Crippen molar-refractivity contribution in [2.45, 2.75) is 35.1 Å². The zero-order chi connectivity index (χ0) is 26.1. The third-order valence-electron chi connectivity index (χ3n) is 6.74. The Morgan fingerprint density at radius 2 is 1.83 bits per heavy atom. The molecule has 3 heterocycles. The highest BCUT2D eigenvalue weighted by molar-refractivity contribution is 7.91. The van der Waals surface area contributed by atoms with Gasteiger partial charge in [0.2, 0.25) is 0 Å². The molecule has 2 aromatic rings. The summed E-state index contributed by atoms with van der Waals surface area (Å²) in [6.07, 6.45) is -5.15. The molecule has 36 heavy (non-hydrogen) atoms. The fraction of sp³-hybridized carbons (Fsp3) is 0.565. The zero-order valence-corrected chi connectivity index (χ0v) is 21.4. The maximum atomic E-state index is 13.3. The number of morpholine rings is 1. The number of thiophene rings is 1. The van der Waals surface area contributed by atoms with Crippen LogP contribution in [0, 0.1) is 0 Å². The molecule has 3 atom stereocenters. The number of anilines is 1. The van der Waals surface area contributed by atoms with Gasteiger partial charge in [-0.3, -0.25) is 4.90 Å². The molecule has 1 aromatic heterocycles. The van der Waals surface area contributed by atoms with E-state index in [-0.39, 0.29) is 41.6 Å². The van der Waals surface area contributed by atoms with E-state index >= 15 is 0 Å². The highest BCUT2D eigenvalue weighted by Gasteiger charge is 2.51. The molecule has 2 fully saturated rings. The van der Waals surface area contributed by atoms with Crippen molar-refractivity contribution >= 4 is 27.0 Å². The maximum Gasteiger partial charge on any atom is 0.421 e. The van der Waals surface area contributed by atoms with Crippen molar-refractivity contribution in [2.24, 2.45) is 0 Å². The summed E-state index contributed by atoms with van der Waals surface area (Å²) in [6.45, 7) is 3.40. The van der Waals surface area contributed by atoms with E-state index in [0.29, 0.717) is 38.5 Å². The Bertz CT molecular complexity index is 1110. The highest BCUT2D eigenvalue weighted by atomic mass is 32.2. The first-order valence-electron chi connectivity index (χ1n) is 11.6. The third kappa shape index (κ3) is 5.57. The van der Waals surface area contributed by atoms with E-state index in [0.717, 1.165) is 18.3 Å². The molecule has 200 valence electrons. The third-order valence-corrected chi connectivity index (χ3v) is 9.98. The van der Waals surface area contributed by atoms with E-state index in [1.807, 2.05) is 4.90 Å². The lowest BCUT2D eigenvalue weighted by Crippen LogP contribution is -2.59. The van der Waals surface area contributed by atoms with Crippen molar-refractivity contribution in [3.8, 4) is 0 Å². The number of benzene rings is 1. The zero-order valence-electron chi connectivity index (χ0n) is 19.8. The number of halogens is 3. The summed E-state index contributed by atoms with van der Waals surface area (Å²) in [4.78, 5) is 4.10. The minimum atomic E-state index is -4.82. The van der Waals surface area contributed by atoms with Gasteiger partial charge in [0, 0.05) is 45.0 Å². The van der Waals surface area contributed by atoms with Crippen molar-refractivity contribution in [3.63, 3.8) is 0 Å². The minimum Gasteiger partial charge on any atom is -0.394 e. The number of alkyl halides is 3. The molecule has 0 amide bonds. The van der Waals surface area contributed by atoms with Crippen LogP contribution in [0.15, 0.2) is 46.0 Å². The standard InChI is InChI=1S/C23H30F3N3O5S2/c1-22(31,23(24,25)26)17-4-6-18(7-5-17)29-9-8-28(36(32,33)21-3-2-12-35-21)14-19(29)13-27-10-11-34-20(15-27)16-30/h2-7,12,19-20,30-31H,8-11,13-16H2,1H3/t19-,20-,22+/m0/s1. The lowest BCUT2D eigenvalue weighted by molar-refractivity contribution is -0.258. The molecule has 2 aliphatic heterocycles. The number of rotatable bonds is 7. The Balaban J connectivity index is 1.59. The second-order valence-electron chi connectivity index (χ2n) is 9.19. The monoisotopic (exact) mass is 549 g/mol. The number of hydrogen-bond acceptors (Lipinski definition) is 8. The van der Waals surface area contributed by atoms with Crippen LogP contribution in [-0.2, 0) is 20.4 Å². The van der Waals surface area contributed by atoms with Crippen LogP contribution in [0.4, 0.5) is 18.9 Å². The van der Waals surface area contributed by atoms with Crippen molar-refractivity contribution < 1.29 is 36.5 Å². The molecule has 1 aromatic carbocycles. The molecule has 0 bridgehead atoms. The predicted octanol–water partition coefficient (Wildman–Crippen LogP) is 2.09. The molecule has 2 saturated heterocycles. The number of piperazine rings is 1. The maximum absolute atomic E-state index is 13.3. The second-order valence-corrected chi connectivity index (χ2v) is 12.3. The van der Waals surface area contributed by atoms with Gasteiger partial charge in [0.15, 0.2) is 5.60 Å². The Labute approximate surface area is 212 Å². The van der Waals surface area contributed by atoms with Crippen LogP contribution in [0.5, 0.6) is 0 Å². The van der Waals surface area contributed by atoms with Crippen molar-refractivity contribution in [2.75, 3.05) is 57.4 Å². The van der Waals surface area contributed by atoms with Crippen LogP contribution >= 0.6 is 11.3 Å². The Morgan fingerprint density at radius 3 is 2.44 bits per heavy atom. The van der Waals surface area contributed by atoms with Crippen LogP contribution in [0.25, 0.3) is 0 Å². The van der Waals surface area contributed by atoms with Crippen LogP contribution in [0.3, 0.4) is 0 Å². The van der Waals surface area contributed by atoms with Gasteiger partial charge in [-0.1, -0.05) is 18.2 Å². The second kappa shape index (κ2) is 10.6. The van der Waals surface area contributed by atoms with Gasteiger partial charge in [-0.15, -0.1) is 11.3 Å². The predicted molar refractivity (Wildman–Crippen MR) is 130 cm³/mol. The molecule has 2 aliphatic rings. The van der Waals surface area contributed by atoms with Gasteiger partial charge >= 0.3 is 6.18 Å². The summed E-state index contributed by atoms with van der Waals surface area (Å²) in [5.41, 5.74) is -2.61. The first-order valence-corrected chi connectivity index (χ1v) is 13.9. The lowest BCUT2D eigenvalue weighted by Gasteiger charge is -2.45.